The Morgan fingerprint density at radius 3 is 2.15 bits per heavy atom. The molecule has 0 aliphatic heterocycles. The first-order valence-electron chi connectivity index (χ1n) is 10.1. The number of hydrogen-bond donors (Lipinski definition) is 0. The van der Waals surface area contributed by atoms with E-state index < -0.39 is 11.6 Å². The van der Waals surface area contributed by atoms with Gasteiger partial charge in [0.05, 0.1) is 5.56 Å². The highest BCUT2D eigenvalue weighted by atomic mass is 19.1. The van der Waals surface area contributed by atoms with Crippen LogP contribution in [0.15, 0.2) is 42.5 Å². The van der Waals surface area contributed by atoms with Gasteiger partial charge in [-0.1, -0.05) is 69.9 Å². The summed E-state index contributed by atoms with van der Waals surface area (Å²) in [6, 6.07) is 12.0. The second-order valence-electron chi connectivity index (χ2n) is 8.05. The van der Waals surface area contributed by atoms with Gasteiger partial charge >= 0.3 is 0 Å². The Hall–Kier alpha value is -1.70. The highest BCUT2D eigenvalue weighted by Gasteiger charge is 2.25. The van der Waals surface area contributed by atoms with Gasteiger partial charge in [-0.05, 0) is 60.3 Å². The van der Waals surface area contributed by atoms with E-state index in [1.165, 1.54) is 50.7 Å². The van der Waals surface area contributed by atoms with E-state index in [2.05, 4.69) is 13.8 Å². The Morgan fingerprint density at radius 2 is 1.58 bits per heavy atom. The monoisotopic (exact) mass is 356 g/mol. The maximum absolute atomic E-state index is 14.6. The minimum atomic E-state index is -0.454. The van der Waals surface area contributed by atoms with Crippen molar-refractivity contribution in [2.45, 2.75) is 58.8 Å². The summed E-state index contributed by atoms with van der Waals surface area (Å²) in [4.78, 5) is 0. The average Bonchev–Trinajstić information content (AvgIpc) is 2.63. The lowest BCUT2D eigenvalue weighted by Crippen LogP contribution is -2.21. The van der Waals surface area contributed by atoms with Gasteiger partial charge in [0, 0.05) is 0 Å². The van der Waals surface area contributed by atoms with Crippen LogP contribution >= 0.6 is 0 Å². The normalized spacial score (nSPS) is 21.5. The molecule has 140 valence electrons. The number of rotatable bonds is 6. The second kappa shape index (κ2) is 8.79. The summed E-state index contributed by atoms with van der Waals surface area (Å²) in [7, 11) is 0. The van der Waals surface area contributed by atoms with Crippen molar-refractivity contribution in [1.29, 1.82) is 0 Å². The SMILES string of the molecule is CCCC1CCC(C(C)Cc2cc(F)c(-c3ccccc3)c(F)c2)CC1. The Labute approximate surface area is 156 Å². The average molecular weight is 357 g/mol. The van der Waals surface area contributed by atoms with Gasteiger partial charge in [0.2, 0.25) is 0 Å². The van der Waals surface area contributed by atoms with Crippen molar-refractivity contribution in [3.8, 4) is 11.1 Å². The lowest BCUT2D eigenvalue weighted by Gasteiger charge is -2.32. The molecule has 2 aromatic carbocycles. The van der Waals surface area contributed by atoms with Crippen LogP contribution in [0.2, 0.25) is 0 Å². The summed E-state index contributed by atoms with van der Waals surface area (Å²) in [5.41, 5.74) is 1.46. The summed E-state index contributed by atoms with van der Waals surface area (Å²) in [5, 5.41) is 0. The molecular formula is C24H30F2. The summed E-state index contributed by atoms with van der Waals surface area (Å²) < 4.78 is 29.2. The number of benzene rings is 2. The first kappa shape index (κ1) is 19.1. The highest BCUT2D eigenvalue weighted by Crippen LogP contribution is 2.37. The zero-order valence-corrected chi connectivity index (χ0v) is 16.0. The molecule has 1 fully saturated rings. The van der Waals surface area contributed by atoms with E-state index in [0.717, 1.165) is 17.9 Å². The Bertz CT molecular complexity index is 676. The van der Waals surface area contributed by atoms with E-state index in [9.17, 15) is 8.78 Å². The zero-order valence-electron chi connectivity index (χ0n) is 16.0. The molecule has 0 spiro atoms. The van der Waals surface area contributed by atoms with Crippen molar-refractivity contribution in [1.82, 2.24) is 0 Å². The van der Waals surface area contributed by atoms with E-state index in [4.69, 9.17) is 0 Å². The molecule has 0 bridgehead atoms. The predicted octanol–water partition coefficient (Wildman–Crippen LogP) is 7.42. The molecule has 0 N–H and O–H groups in total. The largest absolute Gasteiger partial charge is 0.206 e. The van der Waals surface area contributed by atoms with Crippen LogP contribution in [0.5, 0.6) is 0 Å². The van der Waals surface area contributed by atoms with E-state index >= 15 is 0 Å². The van der Waals surface area contributed by atoms with Crippen LogP contribution in [0, 0.1) is 29.4 Å². The number of hydrogen-bond acceptors (Lipinski definition) is 0. The van der Waals surface area contributed by atoms with Crippen LogP contribution in [0.25, 0.3) is 11.1 Å². The quantitative estimate of drug-likeness (QED) is 0.505. The third kappa shape index (κ3) is 4.52. The minimum Gasteiger partial charge on any atom is -0.206 e. The molecule has 0 heterocycles. The summed E-state index contributed by atoms with van der Waals surface area (Å²) >= 11 is 0. The molecule has 1 aliphatic rings. The molecule has 3 rings (SSSR count). The first-order chi connectivity index (χ1) is 12.6. The minimum absolute atomic E-state index is 0.0853. The molecule has 1 saturated carbocycles. The van der Waals surface area contributed by atoms with Crippen LogP contribution in [-0.4, -0.2) is 0 Å². The van der Waals surface area contributed by atoms with Crippen molar-refractivity contribution in [2.24, 2.45) is 17.8 Å². The van der Waals surface area contributed by atoms with Gasteiger partial charge < -0.3 is 0 Å². The molecule has 2 aromatic rings. The number of halogens is 2. The van der Waals surface area contributed by atoms with Crippen LogP contribution in [0.4, 0.5) is 8.78 Å². The Balaban J connectivity index is 1.67. The van der Waals surface area contributed by atoms with Crippen molar-refractivity contribution in [3.05, 3.63) is 59.7 Å². The fraction of sp³-hybridized carbons (Fsp3) is 0.500. The van der Waals surface area contributed by atoms with Gasteiger partial charge in [-0.3, -0.25) is 0 Å². The molecule has 1 unspecified atom stereocenters. The van der Waals surface area contributed by atoms with Crippen molar-refractivity contribution < 1.29 is 8.78 Å². The molecule has 0 aromatic heterocycles. The fourth-order valence-corrected chi connectivity index (χ4v) is 4.62. The first-order valence-corrected chi connectivity index (χ1v) is 10.1. The lowest BCUT2D eigenvalue weighted by atomic mass is 9.73. The zero-order chi connectivity index (χ0) is 18.5. The second-order valence-corrected chi connectivity index (χ2v) is 8.05. The van der Waals surface area contributed by atoms with Gasteiger partial charge in [0.15, 0.2) is 0 Å². The van der Waals surface area contributed by atoms with Gasteiger partial charge in [-0.15, -0.1) is 0 Å². The third-order valence-corrected chi connectivity index (χ3v) is 6.12. The Morgan fingerprint density at radius 1 is 0.962 bits per heavy atom. The maximum Gasteiger partial charge on any atom is 0.134 e. The van der Waals surface area contributed by atoms with Gasteiger partial charge in [0.1, 0.15) is 11.6 Å². The summed E-state index contributed by atoms with van der Waals surface area (Å²) in [6.45, 7) is 4.50. The smallest absolute Gasteiger partial charge is 0.134 e. The summed E-state index contributed by atoms with van der Waals surface area (Å²) in [6.07, 6.45) is 8.54. The molecule has 2 heteroatoms. The molecular weight excluding hydrogens is 326 g/mol. The van der Waals surface area contributed by atoms with E-state index in [1.807, 2.05) is 6.07 Å². The fourth-order valence-electron chi connectivity index (χ4n) is 4.62. The van der Waals surface area contributed by atoms with Crippen molar-refractivity contribution in [2.75, 3.05) is 0 Å². The molecule has 0 saturated heterocycles. The molecule has 0 amide bonds. The molecule has 1 atom stereocenters. The van der Waals surface area contributed by atoms with Crippen LogP contribution in [0.3, 0.4) is 0 Å². The van der Waals surface area contributed by atoms with Crippen molar-refractivity contribution >= 4 is 0 Å². The van der Waals surface area contributed by atoms with E-state index in [0.29, 0.717) is 17.4 Å². The van der Waals surface area contributed by atoms with Crippen LogP contribution < -0.4 is 0 Å². The topological polar surface area (TPSA) is 0 Å². The van der Waals surface area contributed by atoms with E-state index in [1.54, 1.807) is 24.3 Å². The van der Waals surface area contributed by atoms with Crippen LogP contribution in [0.1, 0.15) is 57.9 Å². The highest BCUT2D eigenvalue weighted by molar-refractivity contribution is 5.65. The Kier molecular flexibility index (Phi) is 6.45. The van der Waals surface area contributed by atoms with Gasteiger partial charge in [0.25, 0.3) is 0 Å². The van der Waals surface area contributed by atoms with Crippen LogP contribution in [-0.2, 0) is 6.42 Å². The summed E-state index contributed by atoms with van der Waals surface area (Å²) in [5.74, 6) is 1.14. The van der Waals surface area contributed by atoms with Crippen molar-refractivity contribution in [3.63, 3.8) is 0 Å². The standard InChI is InChI=1S/C24H30F2/c1-3-7-18-10-12-20(13-11-18)17(2)14-19-15-22(25)24(23(26)16-19)21-8-5-4-6-9-21/h4-6,8-9,15-18,20H,3,7,10-14H2,1-2H3. The predicted molar refractivity (Wildman–Crippen MR) is 105 cm³/mol. The van der Waals surface area contributed by atoms with E-state index in [-0.39, 0.29) is 5.56 Å². The molecule has 26 heavy (non-hydrogen) atoms. The maximum atomic E-state index is 14.6. The molecule has 1 aliphatic carbocycles. The third-order valence-electron chi connectivity index (χ3n) is 6.12. The van der Waals surface area contributed by atoms with Gasteiger partial charge in [-0.25, -0.2) is 8.78 Å². The molecule has 0 radical (unpaired) electrons. The lowest BCUT2D eigenvalue weighted by molar-refractivity contribution is 0.206. The molecule has 0 nitrogen and oxygen atoms in total. The van der Waals surface area contributed by atoms with Gasteiger partial charge in [-0.2, -0.15) is 0 Å².